The van der Waals surface area contributed by atoms with Crippen LogP contribution in [0.4, 0.5) is 5.69 Å². The van der Waals surface area contributed by atoms with Crippen molar-refractivity contribution in [2.45, 2.75) is 32.2 Å². The number of rotatable bonds is 6. The van der Waals surface area contributed by atoms with Gasteiger partial charge in [-0.25, -0.2) is 0 Å². The molecule has 3 rings (SSSR count). The van der Waals surface area contributed by atoms with Crippen LogP contribution in [0, 0.1) is 0 Å². The monoisotopic (exact) mass is 371 g/mol. The molecule has 2 heterocycles. The number of thiocarbonyl (C=S) groups is 1. The van der Waals surface area contributed by atoms with Crippen LogP contribution in [0.15, 0.2) is 47.1 Å². The summed E-state index contributed by atoms with van der Waals surface area (Å²) < 4.78 is 5.67. The quantitative estimate of drug-likeness (QED) is 0.758. The Balaban J connectivity index is 1.62. The van der Waals surface area contributed by atoms with E-state index in [4.69, 9.17) is 16.6 Å². The van der Waals surface area contributed by atoms with E-state index in [0.717, 1.165) is 30.1 Å². The largest absolute Gasteiger partial charge is 0.468 e. The van der Waals surface area contributed by atoms with Gasteiger partial charge in [0, 0.05) is 24.7 Å². The molecule has 0 radical (unpaired) electrons. The molecule has 1 amide bonds. The maximum atomic E-state index is 11.1. The predicted molar refractivity (Wildman–Crippen MR) is 107 cm³/mol. The van der Waals surface area contributed by atoms with Crippen molar-refractivity contribution in [2.24, 2.45) is 0 Å². The molecule has 1 atom stereocenters. The lowest BCUT2D eigenvalue weighted by atomic mass is 10.1. The number of likely N-dealkylation sites (tertiary alicyclic amines) is 1. The molecule has 1 aromatic heterocycles. The van der Waals surface area contributed by atoms with E-state index >= 15 is 0 Å². The molecule has 0 saturated carbocycles. The van der Waals surface area contributed by atoms with Crippen LogP contribution < -0.4 is 10.6 Å². The Labute approximate surface area is 159 Å². The average molecular weight is 372 g/mol. The van der Waals surface area contributed by atoms with Crippen molar-refractivity contribution >= 4 is 28.8 Å². The summed E-state index contributed by atoms with van der Waals surface area (Å²) in [5.74, 6) is 0.893. The van der Waals surface area contributed by atoms with Crippen molar-refractivity contribution in [1.29, 1.82) is 0 Å². The zero-order valence-corrected chi connectivity index (χ0v) is 15.8. The molecule has 1 aliphatic rings. The number of piperidine rings is 1. The first kappa shape index (κ1) is 18.6. The van der Waals surface area contributed by atoms with Gasteiger partial charge in [-0.15, -0.1) is 0 Å². The molecule has 2 aromatic rings. The molecule has 0 aliphatic carbocycles. The number of hydrogen-bond donors (Lipinski definition) is 2. The van der Waals surface area contributed by atoms with Crippen molar-refractivity contribution in [3.8, 4) is 0 Å². The van der Waals surface area contributed by atoms with Gasteiger partial charge < -0.3 is 15.1 Å². The van der Waals surface area contributed by atoms with Crippen LogP contribution in [0.5, 0.6) is 0 Å². The lowest BCUT2D eigenvalue weighted by Gasteiger charge is -2.33. The third-order valence-corrected chi connectivity index (χ3v) is 5.01. The third kappa shape index (κ3) is 4.93. The normalized spacial score (nSPS) is 16.0. The second-order valence-corrected chi connectivity index (χ2v) is 7.00. The Hall–Kier alpha value is -2.18. The lowest BCUT2D eigenvalue weighted by Crippen LogP contribution is -2.40. The van der Waals surface area contributed by atoms with Crippen LogP contribution >= 0.6 is 12.2 Å². The van der Waals surface area contributed by atoms with Gasteiger partial charge in [0.1, 0.15) is 10.7 Å². The number of benzene rings is 1. The number of nitrogens with one attached hydrogen (secondary N) is 2. The molecule has 2 N–H and O–H groups in total. The van der Waals surface area contributed by atoms with Crippen LogP contribution in [-0.4, -0.2) is 35.4 Å². The summed E-state index contributed by atoms with van der Waals surface area (Å²) in [7, 11) is 0. The van der Waals surface area contributed by atoms with Crippen LogP contribution in [0.3, 0.4) is 0 Å². The summed E-state index contributed by atoms with van der Waals surface area (Å²) in [5, 5.41) is 6.15. The van der Waals surface area contributed by atoms with Crippen molar-refractivity contribution in [3.63, 3.8) is 0 Å². The molecule has 26 heavy (non-hydrogen) atoms. The molecular formula is C20H25N3O2S. The maximum absolute atomic E-state index is 11.1. The van der Waals surface area contributed by atoms with Gasteiger partial charge >= 0.3 is 0 Å². The Morgan fingerprint density at radius 1 is 1.19 bits per heavy atom. The molecule has 1 aliphatic heterocycles. The van der Waals surface area contributed by atoms with Gasteiger partial charge in [0.25, 0.3) is 0 Å². The van der Waals surface area contributed by atoms with Gasteiger partial charge in [-0.2, -0.15) is 0 Å². The first-order chi connectivity index (χ1) is 12.6. The van der Waals surface area contributed by atoms with Crippen LogP contribution in [0.1, 0.15) is 43.6 Å². The Morgan fingerprint density at radius 3 is 2.54 bits per heavy atom. The highest BCUT2D eigenvalue weighted by atomic mass is 32.1. The first-order valence-electron chi connectivity index (χ1n) is 9.07. The van der Waals surface area contributed by atoms with Crippen LogP contribution in [-0.2, 0) is 4.79 Å². The zero-order chi connectivity index (χ0) is 18.4. The van der Waals surface area contributed by atoms with E-state index < -0.39 is 0 Å². The van der Waals surface area contributed by atoms with E-state index in [1.807, 2.05) is 36.4 Å². The van der Waals surface area contributed by atoms with E-state index in [1.54, 1.807) is 6.26 Å². The number of hydrogen-bond acceptors (Lipinski definition) is 4. The number of anilines is 1. The van der Waals surface area contributed by atoms with Crippen LogP contribution in [0.25, 0.3) is 0 Å². The van der Waals surface area contributed by atoms with Crippen molar-refractivity contribution in [2.75, 3.05) is 25.0 Å². The molecule has 1 unspecified atom stereocenters. The molecular weight excluding hydrogens is 346 g/mol. The summed E-state index contributed by atoms with van der Waals surface area (Å²) in [6.07, 6.45) is 5.48. The molecule has 0 bridgehead atoms. The van der Waals surface area contributed by atoms with Gasteiger partial charge in [0.15, 0.2) is 0 Å². The fourth-order valence-corrected chi connectivity index (χ4v) is 3.54. The molecule has 5 nitrogen and oxygen atoms in total. The molecule has 1 fully saturated rings. The molecule has 0 spiro atoms. The van der Waals surface area contributed by atoms with E-state index in [1.165, 1.54) is 26.2 Å². The molecule has 1 saturated heterocycles. The molecule has 1 aromatic carbocycles. The van der Waals surface area contributed by atoms with E-state index in [2.05, 4.69) is 15.5 Å². The van der Waals surface area contributed by atoms with E-state index in [9.17, 15) is 4.79 Å². The van der Waals surface area contributed by atoms with Crippen molar-refractivity contribution < 1.29 is 9.21 Å². The van der Waals surface area contributed by atoms with E-state index in [0.29, 0.717) is 11.5 Å². The summed E-state index contributed by atoms with van der Waals surface area (Å²) in [6.45, 7) is 4.38. The number of carbonyl (C=O) groups is 1. The minimum Gasteiger partial charge on any atom is -0.468 e. The highest BCUT2D eigenvalue weighted by Gasteiger charge is 2.24. The summed E-state index contributed by atoms with van der Waals surface area (Å²) in [6, 6.07) is 11.7. The third-order valence-electron chi connectivity index (χ3n) is 4.63. The van der Waals surface area contributed by atoms with Crippen LogP contribution in [0.2, 0.25) is 0 Å². The molecule has 138 valence electrons. The topological polar surface area (TPSA) is 57.5 Å². The van der Waals surface area contributed by atoms with Crippen molar-refractivity contribution in [3.05, 3.63) is 54.0 Å². The second kappa shape index (κ2) is 8.96. The van der Waals surface area contributed by atoms with E-state index in [-0.39, 0.29) is 11.9 Å². The minimum atomic E-state index is -0.0822. The molecule has 6 heteroatoms. The summed E-state index contributed by atoms with van der Waals surface area (Å²) in [5.41, 5.74) is 1.71. The van der Waals surface area contributed by atoms with Gasteiger partial charge in [-0.1, -0.05) is 18.6 Å². The summed E-state index contributed by atoms with van der Waals surface area (Å²) in [4.78, 5) is 14.3. The Bertz CT molecular complexity index is 722. The van der Waals surface area contributed by atoms with Crippen molar-refractivity contribution in [1.82, 2.24) is 10.2 Å². The highest BCUT2D eigenvalue weighted by molar-refractivity contribution is 7.80. The lowest BCUT2D eigenvalue weighted by molar-refractivity contribution is -0.114. The highest BCUT2D eigenvalue weighted by Crippen LogP contribution is 2.24. The van der Waals surface area contributed by atoms with Gasteiger partial charge in [-0.05, 0) is 62.3 Å². The fourth-order valence-electron chi connectivity index (χ4n) is 3.32. The number of carbonyl (C=O) groups excluding carboxylic acids is 1. The second-order valence-electron chi connectivity index (χ2n) is 6.60. The zero-order valence-electron chi connectivity index (χ0n) is 15.0. The average Bonchev–Trinajstić information content (AvgIpc) is 3.17. The Morgan fingerprint density at radius 2 is 1.92 bits per heavy atom. The Kier molecular flexibility index (Phi) is 6.41. The first-order valence-corrected chi connectivity index (χ1v) is 9.47. The predicted octanol–water partition coefficient (Wildman–Crippen LogP) is 3.73. The minimum absolute atomic E-state index is 0.0822. The number of amides is 1. The van der Waals surface area contributed by atoms with Gasteiger partial charge in [0.05, 0.1) is 12.3 Å². The van der Waals surface area contributed by atoms with Gasteiger partial charge in [0.2, 0.25) is 5.91 Å². The fraction of sp³-hybridized carbons (Fsp3) is 0.400. The number of nitrogens with zero attached hydrogens (tertiary/aromatic N) is 1. The van der Waals surface area contributed by atoms with Gasteiger partial charge in [-0.3, -0.25) is 9.69 Å². The smallest absolute Gasteiger partial charge is 0.221 e. The summed E-state index contributed by atoms with van der Waals surface area (Å²) >= 11 is 5.55. The maximum Gasteiger partial charge on any atom is 0.221 e. The standard InChI is InChI=1S/C20H25N3O2S/c1-15(24)22-17-9-7-16(8-10-17)20(26)21-14-18(19-6-5-13-25-19)23-11-3-2-4-12-23/h5-10,13,18H,2-4,11-12,14H2,1H3,(H,21,26)(H,22,24). The number of furan rings is 1. The SMILES string of the molecule is CC(=O)Nc1ccc(C(=S)NCC(c2ccco2)N2CCCCC2)cc1.